The van der Waals surface area contributed by atoms with Crippen LogP contribution in [0.2, 0.25) is 0 Å². The highest BCUT2D eigenvalue weighted by atomic mass is 32.2. The lowest BCUT2D eigenvalue weighted by Crippen LogP contribution is -2.47. The average Bonchev–Trinajstić information content (AvgIpc) is 2.68. The molecule has 2 aromatic rings. The molecule has 0 atom stereocenters. The maximum absolute atomic E-state index is 12.7. The average molecular weight is 420 g/mol. The molecular formula is C20H25N3O3S2. The molecule has 1 saturated heterocycles. The number of hydrogen-bond acceptors (Lipinski definition) is 6. The molecule has 6 nitrogen and oxygen atoms in total. The fourth-order valence-electron chi connectivity index (χ4n) is 3.04. The Bertz CT molecular complexity index is 951. The maximum atomic E-state index is 12.7. The summed E-state index contributed by atoms with van der Waals surface area (Å²) in [5, 5.41) is 0.635. The number of piperazine rings is 1. The lowest BCUT2D eigenvalue weighted by atomic mass is 10.0. The highest BCUT2D eigenvalue weighted by Gasteiger charge is 2.27. The minimum atomic E-state index is -3.52. The molecule has 28 heavy (non-hydrogen) atoms. The largest absolute Gasteiger partial charge is 0.304 e. The summed E-state index contributed by atoms with van der Waals surface area (Å²) in [6.07, 6.45) is 1.39. The monoisotopic (exact) mass is 419 g/mol. The summed E-state index contributed by atoms with van der Waals surface area (Å²) in [4.78, 5) is 19.1. The van der Waals surface area contributed by atoms with Crippen molar-refractivity contribution in [3.05, 3.63) is 53.2 Å². The molecule has 0 saturated carbocycles. The van der Waals surface area contributed by atoms with Crippen LogP contribution in [0.3, 0.4) is 0 Å². The van der Waals surface area contributed by atoms with Gasteiger partial charge in [0.15, 0.2) is 5.78 Å². The van der Waals surface area contributed by atoms with Gasteiger partial charge < -0.3 is 4.90 Å². The van der Waals surface area contributed by atoms with E-state index in [-0.39, 0.29) is 16.4 Å². The van der Waals surface area contributed by atoms with Gasteiger partial charge in [0.05, 0.1) is 10.8 Å². The number of carbonyl (C=O) groups is 1. The lowest BCUT2D eigenvalue weighted by Gasteiger charge is -2.31. The Morgan fingerprint density at radius 1 is 1.11 bits per heavy atom. The number of carbonyl (C=O) groups excluding carboxylic acids is 1. The molecule has 0 radical (unpaired) electrons. The van der Waals surface area contributed by atoms with E-state index in [0.717, 1.165) is 29.8 Å². The maximum Gasteiger partial charge on any atom is 0.244 e. The number of nitrogens with zero attached hydrogens (tertiary/aromatic N) is 3. The normalized spacial score (nSPS) is 16.2. The summed E-state index contributed by atoms with van der Waals surface area (Å²) in [5.41, 5.74) is 2.73. The molecule has 1 aliphatic heterocycles. The molecule has 0 unspecified atom stereocenters. The van der Waals surface area contributed by atoms with Crippen LogP contribution in [0.4, 0.5) is 0 Å². The quantitative estimate of drug-likeness (QED) is 0.530. The third kappa shape index (κ3) is 4.81. The van der Waals surface area contributed by atoms with Crippen molar-refractivity contribution in [2.45, 2.75) is 23.8 Å². The molecule has 3 rings (SSSR count). The third-order valence-electron chi connectivity index (χ3n) is 4.85. The second kappa shape index (κ2) is 8.73. The summed E-state index contributed by atoms with van der Waals surface area (Å²) in [7, 11) is -1.54. The number of thioether (sulfide) groups is 1. The standard InChI is InChI=1S/C20H25N3O3S2/c1-15-4-5-16(2)18(12-15)19(24)14-27-20-7-6-17(13-21-20)28(25,26)23-10-8-22(3)9-11-23/h4-7,12-13H,8-11,14H2,1-3H3. The van der Waals surface area contributed by atoms with E-state index >= 15 is 0 Å². The van der Waals surface area contributed by atoms with Crippen LogP contribution in [0.15, 0.2) is 46.5 Å². The van der Waals surface area contributed by atoms with Gasteiger partial charge in [-0.1, -0.05) is 29.5 Å². The van der Waals surface area contributed by atoms with Crippen molar-refractivity contribution in [1.29, 1.82) is 0 Å². The predicted octanol–water partition coefficient (Wildman–Crippen LogP) is 2.61. The molecule has 0 amide bonds. The van der Waals surface area contributed by atoms with Gasteiger partial charge in [0, 0.05) is 37.9 Å². The summed E-state index contributed by atoms with van der Waals surface area (Å²) < 4.78 is 27.0. The minimum absolute atomic E-state index is 0.0436. The van der Waals surface area contributed by atoms with Gasteiger partial charge in [-0.05, 0) is 44.7 Å². The first-order valence-electron chi connectivity index (χ1n) is 9.15. The van der Waals surface area contributed by atoms with E-state index in [4.69, 9.17) is 0 Å². The topological polar surface area (TPSA) is 70.6 Å². The smallest absolute Gasteiger partial charge is 0.244 e. The number of aryl methyl sites for hydroxylation is 2. The number of rotatable bonds is 6. The summed E-state index contributed by atoms with van der Waals surface area (Å²) in [6, 6.07) is 9.08. The van der Waals surface area contributed by atoms with Gasteiger partial charge >= 0.3 is 0 Å². The molecule has 1 fully saturated rings. The van der Waals surface area contributed by atoms with Gasteiger partial charge in [0.25, 0.3) is 0 Å². The number of hydrogen-bond donors (Lipinski definition) is 0. The summed E-state index contributed by atoms with van der Waals surface area (Å²) in [5.74, 6) is 0.309. The zero-order valence-corrected chi connectivity index (χ0v) is 18.0. The van der Waals surface area contributed by atoms with Gasteiger partial charge in [-0.3, -0.25) is 4.79 Å². The van der Waals surface area contributed by atoms with Crippen LogP contribution >= 0.6 is 11.8 Å². The van der Waals surface area contributed by atoms with Gasteiger partial charge in [-0.15, -0.1) is 0 Å². The highest BCUT2D eigenvalue weighted by Crippen LogP contribution is 2.22. The van der Waals surface area contributed by atoms with E-state index in [9.17, 15) is 13.2 Å². The zero-order chi connectivity index (χ0) is 20.3. The first-order valence-corrected chi connectivity index (χ1v) is 11.6. The van der Waals surface area contributed by atoms with Crippen LogP contribution in [-0.4, -0.2) is 67.4 Å². The Labute approximate surface area is 171 Å². The van der Waals surface area contributed by atoms with Crippen LogP contribution in [0.5, 0.6) is 0 Å². The van der Waals surface area contributed by atoms with Gasteiger partial charge in [0.1, 0.15) is 4.90 Å². The lowest BCUT2D eigenvalue weighted by molar-refractivity contribution is 0.102. The third-order valence-corrected chi connectivity index (χ3v) is 7.68. The Morgan fingerprint density at radius 2 is 1.82 bits per heavy atom. The first-order chi connectivity index (χ1) is 13.3. The molecular weight excluding hydrogens is 394 g/mol. The molecule has 150 valence electrons. The fraction of sp³-hybridized carbons (Fsp3) is 0.400. The molecule has 0 spiro atoms. The van der Waals surface area contributed by atoms with E-state index in [1.54, 1.807) is 12.1 Å². The Morgan fingerprint density at radius 3 is 2.46 bits per heavy atom. The number of pyridine rings is 1. The molecule has 2 heterocycles. The zero-order valence-electron chi connectivity index (χ0n) is 16.4. The minimum Gasteiger partial charge on any atom is -0.304 e. The van der Waals surface area contributed by atoms with Crippen molar-refractivity contribution in [1.82, 2.24) is 14.2 Å². The Kier molecular flexibility index (Phi) is 6.54. The molecule has 8 heteroatoms. The molecule has 1 aliphatic rings. The fourth-order valence-corrected chi connectivity index (χ4v) is 5.13. The van der Waals surface area contributed by atoms with Crippen molar-refractivity contribution >= 4 is 27.6 Å². The van der Waals surface area contributed by atoms with E-state index in [0.29, 0.717) is 18.1 Å². The van der Waals surface area contributed by atoms with Crippen LogP contribution in [0.1, 0.15) is 21.5 Å². The van der Waals surface area contributed by atoms with E-state index in [1.807, 2.05) is 39.1 Å². The number of sulfonamides is 1. The Hall–Kier alpha value is -1.74. The number of likely N-dealkylation sites (N-methyl/N-ethyl adjacent to an activating group) is 1. The second-order valence-corrected chi connectivity index (χ2v) is 10.0. The van der Waals surface area contributed by atoms with Crippen molar-refractivity contribution in [2.75, 3.05) is 39.0 Å². The molecule has 1 aromatic carbocycles. The second-order valence-electron chi connectivity index (χ2n) is 7.07. The highest BCUT2D eigenvalue weighted by molar-refractivity contribution is 7.99. The Balaban J connectivity index is 1.64. The molecule has 0 aliphatic carbocycles. The van der Waals surface area contributed by atoms with E-state index in [1.165, 1.54) is 22.3 Å². The van der Waals surface area contributed by atoms with Crippen molar-refractivity contribution in [3.8, 4) is 0 Å². The predicted molar refractivity (Wildman–Crippen MR) is 111 cm³/mol. The van der Waals surface area contributed by atoms with E-state index < -0.39 is 10.0 Å². The molecule has 1 aromatic heterocycles. The molecule has 0 bridgehead atoms. The SMILES string of the molecule is Cc1ccc(C)c(C(=O)CSc2ccc(S(=O)(=O)N3CCN(C)CC3)cn2)c1. The van der Waals surface area contributed by atoms with Crippen molar-refractivity contribution < 1.29 is 13.2 Å². The summed E-state index contributed by atoms with van der Waals surface area (Å²) in [6.45, 7) is 6.31. The van der Waals surface area contributed by atoms with Crippen LogP contribution in [-0.2, 0) is 10.0 Å². The van der Waals surface area contributed by atoms with Crippen LogP contribution in [0, 0.1) is 13.8 Å². The number of Topliss-reactive ketones (excluding diaryl/α,β-unsaturated/α-hetero) is 1. The van der Waals surface area contributed by atoms with Crippen molar-refractivity contribution in [2.24, 2.45) is 0 Å². The number of aromatic nitrogens is 1. The van der Waals surface area contributed by atoms with Gasteiger partial charge in [-0.2, -0.15) is 4.31 Å². The van der Waals surface area contributed by atoms with E-state index in [2.05, 4.69) is 9.88 Å². The van der Waals surface area contributed by atoms with Crippen LogP contribution < -0.4 is 0 Å². The van der Waals surface area contributed by atoms with Crippen LogP contribution in [0.25, 0.3) is 0 Å². The number of benzene rings is 1. The first kappa shape index (κ1) is 21.0. The van der Waals surface area contributed by atoms with Gasteiger partial charge in [0.2, 0.25) is 10.0 Å². The van der Waals surface area contributed by atoms with Gasteiger partial charge in [-0.25, -0.2) is 13.4 Å². The summed E-state index contributed by atoms with van der Waals surface area (Å²) >= 11 is 1.32. The number of ketones is 1. The van der Waals surface area contributed by atoms with Crippen molar-refractivity contribution in [3.63, 3.8) is 0 Å². The molecule has 0 N–H and O–H groups in total.